The van der Waals surface area contributed by atoms with Gasteiger partial charge in [0.2, 0.25) is 0 Å². The Labute approximate surface area is 122 Å². The predicted octanol–water partition coefficient (Wildman–Crippen LogP) is 4.24. The quantitative estimate of drug-likeness (QED) is 0.917. The summed E-state index contributed by atoms with van der Waals surface area (Å²) in [5.41, 5.74) is 7.16. The Kier molecular flexibility index (Phi) is 4.23. The molecule has 2 nitrogen and oxygen atoms in total. The van der Waals surface area contributed by atoms with Gasteiger partial charge in [-0.05, 0) is 36.2 Å². The molecule has 0 saturated carbocycles. The molecule has 2 aromatic carbocycles. The van der Waals surface area contributed by atoms with Crippen LogP contribution in [0.15, 0.2) is 42.5 Å². The van der Waals surface area contributed by atoms with Crippen LogP contribution < -0.4 is 10.6 Å². The van der Waals surface area contributed by atoms with E-state index in [4.69, 9.17) is 5.73 Å². The molecule has 21 heavy (non-hydrogen) atoms. The van der Waals surface area contributed by atoms with E-state index in [2.05, 4.69) is 0 Å². The van der Waals surface area contributed by atoms with Gasteiger partial charge in [0.25, 0.3) is 0 Å². The minimum atomic E-state index is -4.41. The average Bonchev–Trinajstić information content (AvgIpc) is 2.45. The van der Waals surface area contributed by atoms with E-state index >= 15 is 0 Å². The fourth-order valence-corrected chi connectivity index (χ4v) is 2.29. The van der Waals surface area contributed by atoms with E-state index in [1.54, 1.807) is 18.0 Å². The third-order valence-corrected chi connectivity index (χ3v) is 3.48. The van der Waals surface area contributed by atoms with Crippen LogP contribution >= 0.6 is 0 Å². The summed E-state index contributed by atoms with van der Waals surface area (Å²) in [7, 11) is 1.75. The first-order valence-corrected chi connectivity index (χ1v) is 6.54. The standard InChI is InChI=1S/C16H17F3N2/c1-11-5-3-4-6-15(11)21(2)13-8-7-12(10-20)14(9-13)16(17,18)19/h3-9H,10,20H2,1-2H3. The van der Waals surface area contributed by atoms with Crippen LogP contribution in [0, 0.1) is 6.92 Å². The summed E-state index contributed by atoms with van der Waals surface area (Å²) < 4.78 is 39.3. The minimum absolute atomic E-state index is 0.101. The van der Waals surface area contributed by atoms with Gasteiger partial charge in [0, 0.05) is 25.0 Å². The van der Waals surface area contributed by atoms with Gasteiger partial charge in [0.1, 0.15) is 0 Å². The molecule has 0 atom stereocenters. The lowest BCUT2D eigenvalue weighted by Gasteiger charge is -2.23. The molecule has 0 saturated heterocycles. The smallest absolute Gasteiger partial charge is 0.344 e. The lowest BCUT2D eigenvalue weighted by molar-refractivity contribution is -0.138. The molecule has 0 amide bonds. The number of nitrogens with zero attached hydrogens (tertiary/aromatic N) is 1. The molecule has 2 aromatic rings. The zero-order valence-corrected chi connectivity index (χ0v) is 11.9. The van der Waals surface area contributed by atoms with Crippen molar-refractivity contribution in [1.82, 2.24) is 0 Å². The maximum Gasteiger partial charge on any atom is 0.416 e. The number of halogens is 3. The second kappa shape index (κ2) is 5.77. The second-order valence-electron chi connectivity index (χ2n) is 4.89. The largest absolute Gasteiger partial charge is 0.416 e. The van der Waals surface area contributed by atoms with Crippen molar-refractivity contribution in [3.63, 3.8) is 0 Å². The van der Waals surface area contributed by atoms with Crippen LogP contribution in [0.25, 0.3) is 0 Å². The number of rotatable bonds is 3. The molecule has 0 aromatic heterocycles. The van der Waals surface area contributed by atoms with Gasteiger partial charge in [-0.3, -0.25) is 0 Å². The molecule has 0 fully saturated rings. The molecule has 0 aliphatic heterocycles. The number of hydrogen-bond acceptors (Lipinski definition) is 2. The lowest BCUT2D eigenvalue weighted by Crippen LogP contribution is -2.16. The highest BCUT2D eigenvalue weighted by atomic mass is 19.4. The van der Waals surface area contributed by atoms with E-state index in [1.807, 2.05) is 31.2 Å². The Bertz CT molecular complexity index is 636. The van der Waals surface area contributed by atoms with E-state index in [0.29, 0.717) is 5.69 Å². The third-order valence-electron chi connectivity index (χ3n) is 3.48. The predicted molar refractivity (Wildman–Crippen MR) is 78.6 cm³/mol. The number of para-hydroxylation sites is 1. The summed E-state index contributed by atoms with van der Waals surface area (Å²) in [5, 5.41) is 0. The molecule has 5 heteroatoms. The van der Waals surface area contributed by atoms with Crippen molar-refractivity contribution in [2.75, 3.05) is 11.9 Å². The molecule has 0 bridgehead atoms. The molecule has 112 valence electrons. The van der Waals surface area contributed by atoms with Crippen LogP contribution in [0.3, 0.4) is 0 Å². The van der Waals surface area contributed by atoms with Crippen molar-refractivity contribution in [1.29, 1.82) is 0 Å². The molecule has 0 heterocycles. The Morgan fingerprint density at radius 1 is 1.10 bits per heavy atom. The fourth-order valence-electron chi connectivity index (χ4n) is 2.29. The monoisotopic (exact) mass is 294 g/mol. The first kappa shape index (κ1) is 15.4. The summed E-state index contributed by atoms with van der Waals surface area (Å²) in [6.45, 7) is 1.79. The van der Waals surface area contributed by atoms with E-state index in [-0.39, 0.29) is 12.1 Å². The molecule has 0 aliphatic carbocycles. The van der Waals surface area contributed by atoms with Crippen molar-refractivity contribution in [2.45, 2.75) is 19.6 Å². The zero-order chi connectivity index (χ0) is 15.6. The van der Waals surface area contributed by atoms with E-state index in [9.17, 15) is 13.2 Å². The summed E-state index contributed by atoms with van der Waals surface area (Å²) in [6.07, 6.45) is -4.41. The van der Waals surface area contributed by atoms with Gasteiger partial charge in [0.05, 0.1) is 5.56 Å². The number of nitrogens with two attached hydrogens (primary N) is 1. The number of anilines is 2. The molecule has 0 spiro atoms. The maximum absolute atomic E-state index is 13.1. The summed E-state index contributed by atoms with van der Waals surface area (Å²) >= 11 is 0. The van der Waals surface area contributed by atoms with Gasteiger partial charge in [-0.2, -0.15) is 13.2 Å². The topological polar surface area (TPSA) is 29.3 Å². The summed E-state index contributed by atoms with van der Waals surface area (Å²) in [6, 6.07) is 11.8. The van der Waals surface area contributed by atoms with Gasteiger partial charge in [-0.1, -0.05) is 24.3 Å². The van der Waals surface area contributed by atoms with Crippen LogP contribution in [0.4, 0.5) is 24.5 Å². The van der Waals surface area contributed by atoms with Crippen molar-refractivity contribution >= 4 is 11.4 Å². The lowest BCUT2D eigenvalue weighted by atomic mass is 10.0. The van der Waals surface area contributed by atoms with Crippen LogP contribution in [0.2, 0.25) is 0 Å². The second-order valence-corrected chi connectivity index (χ2v) is 4.89. The molecular weight excluding hydrogens is 277 g/mol. The van der Waals surface area contributed by atoms with Crippen molar-refractivity contribution in [2.24, 2.45) is 5.73 Å². The Morgan fingerprint density at radius 2 is 1.76 bits per heavy atom. The Morgan fingerprint density at radius 3 is 2.33 bits per heavy atom. The first-order valence-electron chi connectivity index (χ1n) is 6.54. The highest BCUT2D eigenvalue weighted by Gasteiger charge is 2.33. The normalized spacial score (nSPS) is 11.5. The molecular formula is C16H17F3N2. The van der Waals surface area contributed by atoms with Gasteiger partial charge in [0.15, 0.2) is 0 Å². The average molecular weight is 294 g/mol. The van der Waals surface area contributed by atoms with Gasteiger partial charge >= 0.3 is 6.18 Å². The number of aryl methyl sites for hydroxylation is 1. The van der Waals surface area contributed by atoms with Gasteiger partial charge in [-0.25, -0.2) is 0 Å². The van der Waals surface area contributed by atoms with E-state index < -0.39 is 11.7 Å². The zero-order valence-electron chi connectivity index (χ0n) is 11.9. The van der Waals surface area contributed by atoms with Crippen LogP contribution in [-0.2, 0) is 12.7 Å². The molecule has 0 aliphatic rings. The maximum atomic E-state index is 13.1. The minimum Gasteiger partial charge on any atom is -0.344 e. The van der Waals surface area contributed by atoms with Crippen LogP contribution in [0.1, 0.15) is 16.7 Å². The van der Waals surface area contributed by atoms with Crippen LogP contribution in [-0.4, -0.2) is 7.05 Å². The molecule has 2 rings (SSSR count). The van der Waals surface area contributed by atoms with Crippen molar-refractivity contribution in [3.8, 4) is 0 Å². The Balaban J connectivity index is 2.48. The fraction of sp³-hybridized carbons (Fsp3) is 0.250. The number of alkyl halides is 3. The van der Waals surface area contributed by atoms with Crippen LogP contribution in [0.5, 0.6) is 0 Å². The third kappa shape index (κ3) is 3.19. The summed E-state index contributed by atoms with van der Waals surface area (Å²) in [5.74, 6) is 0. The van der Waals surface area contributed by atoms with E-state index in [0.717, 1.165) is 17.3 Å². The van der Waals surface area contributed by atoms with Crippen molar-refractivity contribution < 1.29 is 13.2 Å². The van der Waals surface area contributed by atoms with E-state index in [1.165, 1.54) is 6.07 Å². The van der Waals surface area contributed by atoms with Gasteiger partial charge < -0.3 is 10.6 Å². The molecule has 2 N–H and O–H groups in total. The Hall–Kier alpha value is -2.01. The first-order chi connectivity index (χ1) is 9.84. The summed E-state index contributed by atoms with van der Waals surface area (Å²) in [4.78, 5) is 1.74. The number of benzene rings is 2. The highest BCUT2D eigenvalue weighted by Crippen LogP contribution is 2.36. The SMILES string of the molecule is Cc1ccccc1N(C)c1ccc(CN)c(C(F)(F)F)c1. The molecule has 0 unspecified atom stereocenters. The number of hydrogen-bond donors (Lipinski definition) is 1. The van der Waals surface area contributed by atoms with Gasteiger partial charge in [-0.15, -0.1) is 0 Å². The molecule has 0 radical (unpaired) electrons. The van der Waals surface area contributed by atoms with Crippen molar-refractivity contribution in [3.05, 3.63) is 59.2 Å². The highest BCUT2D eigenvalue weighted by molar-refractivity contribution is 5.66.